The number of alkyl carbamates (subject to hydrolysis) is 1. The number of benzene rings is 1. The van der Waals surface area contributed by atoms with Crippen LogP contribution in [0.25, 0.3) is 0 Å². The van der Waals surface area contributed by atoms with Gasteiger partial charge in [-0.05, 0) is 52.7 Å². The topological polar surface area (TPSA) is 84.0 Å². The molecule has 0 radical (unpaired) electrons. The molecule has 7 nitrogen and oxygen atoms in total. The van der Waals surface area contributed by atoms with Gasteiger partial charge in [0, 0.05) is 25.2 Å². The van der Waals surface area contributed by atoms with Crippen molar-refractivity contribution in [1.82, 2.24) is 16.0 Å². The second kappa shape index (κ2) is 13.5. The Morgan fingerprint density at radius 1 is 1.14 bits per heavy atom. The molecule has 160 valence electrons. The number of aryl methyl sites for hydroxylation is 1. The molecule has 1 aromatic carbocycles. The number of halogens is 1. The van der Waals surface area contributed by atoms with E-state index in [-0.39, 0.29) is 24.0 Å². The lowest BCUT2D eigenvalue weighted by molar-refractivity contribution is 0.0527. The Kier molecular flexibility index (Phi) is 12.6. The van der Waals surface area contributed by atoms with E-state index in [9.17, 15) is 4.79 Å². The maximum absolute atomic E-state index is 11.6. The van der Waals surface area contributed by atoms with Crippen molar-refractivity contribution < 1.29 is 14.3 Å². The van der Waals surface area contributed by atoms with Gasteiger partial charge in [-0.2, -0.15) is 0 Å². The molecule has 8 heteroatoms. The van der Waals surface area contributed by atoms with E-state index >= 15 is 0 Å². The Labute approximate surface area is 186 Å². The number of carbonyl (C=O) groups excluding carboxylic acids is 1. The zero-order valence-corrected chi connectivity index (χ0v) is 20.2. The van der Waals surface area contributed by atoms with Gasteiger partial charge in [-0.1, -0.05) is 12.1 Å². The molecule has 0 unspecified atom stereocenters. The molecule has 3 N–H and O–H groups in total. The van der Waals surface area contributed by atoms with Crippen LogP contribution in [-0.2, 0) is 11.3 Å². The Hall–Kier alpha value is -1.71. The molecule has 1 rings (SSSR count). The number of hydrogen-bond donors (Lipinski definition) is 3. The molecule has 0 aliphatic carbocycles. The third-order valence-corrected chi connectivity index (χ3v) is 3.51. The van der Waals surface area contributed by atoms with Gasteiger partial charge >= 0.3 is 6.09 Å². The van der Waals surface area contributed by atoms with Gasteiger partial charge in [0.05, 0.1) is 13.7 Å². The molecule has 0 fully saturated rings. The number of hydrogen-bond acceptors (Lipinski definition) is 4. The van der Waals surface area contributed by atoms with E-state index in [1.165, 1.54) is 0 Å². The molecule has 0 heterocycles. The summed E-state index contributed by atoms with van der Waals surface area (Å²) in [7, 11) is 1.67. The molecule has 0 saturated carbocycles. The average Bonchev–Trinajstić information content (AvgIpc) is 2.58. The second-order valence-corrected chi connectivity index (χ2v) is 7.22. The van der Waals surface area contributed by atoms with Gasteiger partial charge < -0.3 is 25.4 Å². The predicted octanol–water partition coefficient (Wildman–Crippen LogP) is 3.59. The van der Waals surface area contributed by atoms with Crippen LogP contribution in [0, 0.1) is 6.92 Å². The van der Waals surface area contributed by atoms with Gasteiger partial charge in [-0.15, -0.1) is 24.0 Å². The van der Waals surface area contributed by atoms with Gasteiger partial charge in [-0.25, -0.2) is 9.79 Å². The number of methoxy groups -OCH3 is 1. The number of nitrogens with zero attached hydrogens (tertiary/aromatic N) is 1. The molecule has 0 spiro atoms. The minimum atomic E-state index is -0.482. The van der Waals surface area contributed by atoms with Crippen LogP contribution in [0.1, 0.15) is 45.2 Å². The van der Waals surface area contributed by atoms with Gasteiger partial charge in [0.25, 0.3) is 0 Å². The van der Waals surface area contributed by atoms with Crippen molar-refractivity contribution in [3.8, 4) is 5.75 Å². The summed E-state index contributed by atoms with van der Waals surface area (Å²) >= 11 is 0. The van der Waals surface area contributed by atoms with Crippen LogP contribution in [0.4, 0.5) is 4.79 Å². The maximum atomic E-state index is 11.6. The van der Waals surface area contributed by atoms with E-state index in [0.717, 1.165) is 35.8 Å². The first-order valence-corrected chi connectivity index (χ1v) is 9.37. The highest BCUT2D eigenvalue weighted by atomic mass is 127. The van der Waals surface area contributed by atoms with Crippen LogP contribution in [0.5, 0.6) is 5.75 Å². The molecule has 1 amide bonds. The number of guanidine groups is 1. The first-order chi connectivity index (χ1) is 12.7. The second-order valence-electron chi connectivity index (χ2n) is 7.22. The Bertz CT molecular complexity index is 630. The molecule has 0 bridgehead atoms. The van der Waals surface area contributed by atoms with E-state index in [2.05, 4.69) is 27.0 Å². The maximum Gasteiger partial charge on any atom is 0.407 e. The van der Waals surface area contributed by atoms with Crippen molar-refractivity contribution in [3.05, 3.63) is 29.3 Å². The fourth-order valence-corrected chi connectivity index (χ4v) is 2.29. The quantitative estimate of drug-likeness (QED) is 0.217. The van der Waals surface area contributed by atoms with Crippen LogP contribution in [0.3, 0.4) is 0 Å². The van der Waals surface area contributed by atoms with Gasteiger partial charge in [0.1, 0.15) is 11.4 Å². The fraction of sp³-hybridized carbons (Fsp3) is 0.600. The third kappa shape index (κ3) is 11.2. The molecular weight excluding hydrogens is 471 g/mol. The van der Waals surface area contributed by atoms with E-state index in [4.69, 9.17) is 9.47 Å². The first kappa shape index (κ1) is 26.3. The van der Waals surface area contributed by atoms with Crippen LogP contribution < -0.4 is 20.7 Å². The summed E-state index contributed by atoms with van der Waals surface area (Å²) < 4.78 is 10.6. The highest BCUT2D eigenvalue weighted by Gasteiger charge is 2.15. The van der Waals surface area contributed by atoms with Gasteiger partial charge in [-0.3, -0.25) is 0 Å². The lowest BCUT2D eigenvalue weighted by Crippen LogP contribution is -2.39. The lowest BCUT2D eigenvalue weighted by atomic mass is 10.1. The number of rotatable bonds is 8. The largest absolute Gasteiger partial charge is 0.496 e. The Morgan fingerprint density at radius 2 is 1.82 bits per heavy atom. The Balaban J connectivity index is 0.00000729. The van der Waals surface area contributed by atoms with E-state index in [1.807, 2.05) is 46.8 Å². The fourth-order valence-electron chi connectivity index (χ4n) is 2.29. The number of carbonyl (C=O) groups is 1. The van der Waals surface area contributed by atoms with E-state index < -0.39 is 11.7 Å². The molecule has 1 aromatic rings. The monoisotopic (exact) mass is 506 g/mol. The van der Waals surface area contributed by atoms with Gasteiger partial charge in [0.2, 0.25) is 0 Å². The smallest absolute Gasteiger partial charge is 0.407 e. The minimum Gasteiger partial charge on any atom is -0.496 e. The molecule has 0 atom stereocenters. The molecular formula is C20H35IN4O3. The summed E-state index contributed by atoms with van der Waals surface area (Å²) in [6.07, 6.45) is 0.367. The molecule has 0 aromatic heterocycles. The van der Waals surface area contributed by atoms with Crippen LogP contribution in [0.15, 0.2) is 23.2 Å². The summed E-state index contributed by atoms with van der Waals surface area (Å²) in [6.45, 7) is 12.1. The summed E-state index contributed by atoms with van der Waals surface area (Å²) in [5.74, 6) is 1.58. The first-order valence-electron chi connectivity index (χ1n) is 9.37. The highest BCUT2D eigenvalue weighted by molar-refractivity contribution is 14.0. The molecule has 28 heavy (non-hydrogen) atoms. The molecule has 0 aliphatic heterocycles. The van der Waals surface area contributed by atoms with Crippen LogP contribution >= 0.6 is 24.0 Å². The predicted molar refractivity (Wildman–Crippen MR) is 125 cm³/mol. The SMILES string of the molecule is CCNC(=NCc1ccc(C)cc1OC)NCCCNC(=O)OC(C)(C)C.I. The summed E-state index contributed by atoms with van der Waals surface area (Å²) in [6, 6.07) is 6.09. The average molecular weight is 506 g/mol. The normalized spacial score (nSPS) is 11.3. The Morgan fingerprint density at radius 3 is 2.43 bits per heavy atom. The third-order valence-electron chi connectivity index (χ3n) is 3.51. The van der Waals surface area contributed by atoms with Crippen LogP contribution in [0.2, 0.25) is 0 Å². The summed E-state index contributed by atoms with van der Waals surface area (Å²) in [5.41, 5.74) is 1.71. The van der Waals surface area contributed by atoms with Crippen molar-refractivity contribution in [3.63, 3.8) is 0 Å². The number of nitrogens with one attached hydrogen (secondary N) is 3. The van der Waals surface area contributed by atoms with E-state index in [1.54, 1.807) is 7.11 Å². The van der Waals surface area contributed by atoms with Crippen molar-refractivity contribution in [2.24, 2.45) is 4.99 Å². The zero-order valence-electron chi connectivity index (χ0n) is 17.8. The standard InChI is InChI=1S/C20H34N4O3.HI/c1-7-21-18(22-11-8-12-23-19(25)27-20(3,4)5)24-14-16-10-9-15(2)13-17(16)26-6;/h9-10,13H,7-8,11-12,14H2,1-6H3,(H,23,25)(H2,21,22,24);1H. The summed E-state index contributed by atoms with van der Waals surface area (Å²) in [4.78, 5) is 16.2. The van der Waals surface area contributed by atoms with E-state index in [0.29, 0.717) is 19.6 Å². The lowest BCUT2D eigenvalue weighted by Gasteiger charge is -2.19. The van der Waals surface area contributed by atoms with Gasteiger partial charge in [0.15, 0.2) is 5.96 Å². The summed E-state index contributed by atoms with van der Waals surface area (Å²) in [5, 5.41) is 9.23. The molecule has 0 saturated heterocycles. The zero-order chi connectivity index (χ0) is 20.3. The number of aliphatic imine (C=N–C) groups is 1. The van der Waals surface area contributed by atoms with Crippen molar-refractivity contribution in [2.45, 2.75) is 53.2 Å². The highest BCUT2D eigenvalue weighted by Crippen LogP contribution is 2.20. The van der Waals surface area contributed by atoms with Crippen molar-refractivity contribution >= 4 is 36.0 Å². The van der Waals surface area contributed by atoms with Crippen molar-refractivity contribution in [2.75, 3.05) is 26.7 Å². The van der Waals surface area contributed by atoms with Crippen LogP contribution in [-0.4, -0.2) is 44.4 Å². The minimum absolute atomic E-state index is 0. The van der Waals surface area contributed by atoms with Crippen molar-refractivity contribution in [1.29, 1.82) is 0 Å². The molecule has 0 aliphatic rings. The number of ether oxygens (including phenoxy) is 2. The number of amides is 1.